The molecule has 0 unspecified atom stereocenters. The average Bonchev–Trinajstić information content (AvgIpc) is 3.38. The lowest BCUT2D eigenvalue weighted by Gasteiger charge is -2.38. The molecule has 0 aromatic heterocycles. The molecule has 1 saturated carbocycles. The van der Waals surface area contributed by atoms with E-state index in [9.17, 15) is 9.59 Å². The van der Waals surface area contributed by atoms with E-state index in [1.165, 1.54) is 0 Å². The maximum atomic E-state index is 12.9. The summed E-state index contributed by atoms with van der Waals surface area (Å²) in [7, 11) is 0. The Kier molecular flexibility index (Phi) is 5.18. The fourth-order valence-corrected chi connectivity index (χ4v) is 4.12. The van der Waals surface area contributed by atoms with Crippen molar-refractivity contribution in [3.05, 3.63) is 0 Å². The number of likely N-dealkylation sites (tertiary alicyclic amines) is 1. The van der Waals surface area contributed by atoms with E-state index in [2.05, 4.69) is 10.2 Å². The Morgan fingerprint density at radius 1 is 0.885 bits per heavy atom. The van der Waals surface area contributed by atoms with E-state index < -0.39 is 11.2 Å². The predicted octanol–water partition coefficient (Wildman–Crippen LogP) is -0.419. The number of nitrogens with one attached hydrogen (secondary N) is 1. The number of ether oxygens (including phenoxy) is 3. The highest BCUT2D eigenvalue weighted by Crippen LogP contribution is 2.48. The molecule has 0 radical (unpaired) electrons. The van der Waals surface area contributed by atoms with Gasteiger partial charge in [-0.1, -0.05) is 0 Å². The summed E-state index contributed by atoms with van der Waals surface area (Å²) in [5.74, 6) is -0.618. The molecular formula is C18H29N3O5. The zero-order valence-corrected chi connectivity index (χ0v) is 15.3. The van der Waals surface area contributed by atoms with Crippen molar-refractivity contribution >= 4 is 11.8 Å². The summed E-state index contributed by atoms with van der Waals surface area (Å²) in [4.78, 5) is 29.7. The molecule has 4 aliphatic rings. The van der Waals surface area contributed by atoms with Crippen LogP contribution < -0.4 is 5.32 Å². The molecule has 4 fully saturated rings. The molecule has 8 heteroatoms. The second kappa shape index (κ2) is 7.42. The van der Waals surface area contributed by atoms with E-state index >= 15 is 0 Å². The van der Waals surface area contributed by atoms with Crippen molar-refractivity contribution in [3.63, 3.8) is 0 Å². The Bertz CT molecular complexity index is 529. The monoisotopic (exact) mass is 367 g/mol. The average molecular weight is 367 g/mol. The van der Waals surface area contributed by atoms with Crippen LogP contribution in [0.2, 0.25) is 0 Å². The van der Waals surface area contributed by atoms with Gasteiger partial charge in [0.25, 0.3) is 0 Å². The Balaban J connectivity index is 1.25. The van der Waals surface area contributed by atoms with Crippen LogP contribution in [0, 0.1) is 5.41 Å². The maximum absolute atomic E-state index is 12.9. The zero-order valence-electron chi connectivity index (χ0n) is 15.3. The van der Waals surface area contributed by atoms with E-state index in [1.807, 2.05) is 4.90 Å². The van der Waals surface area contributed by atoms with E-state index in [0.29, 0.717) is 58.5 Å². The smallest absolute Gasteiger partial charge is 0.238 e. The Labute approximate surface area is 154 Å². The number of hydrogen-bond donors (Lipinski definition) is 1. The lowest BCUT2D eigenvalue weighted by atomic mass is 9.99. The summed E-state index contributed by atoms with van der Waals surface area (Å²) in [5.41, 5.74) is -0.826. The number of morpholine rings is 1. The van der Waals surface area contributed by atoms with Gasteiger partial charge in [0.15, 0.2) is 5.79 Å². The van der Waals surface area contributed by atoms with Crippen molar-refractivity contribution < 1.29 is 23.8 Å². The van der Waals surface area contributed by atoms with Crippen LogP contribution in [0.5, 0.6) is 0 Å². The van der Waals surface area contributed by atoms with E-state index in [4.69, 9.17) is 14.2 Å². The van der Waals surface area contributed by atoms with Crippen molar-refractivity contribution in [3.8, 4) is 0 Å². The summed E-state index contributed by atoms with van der Waals surface area (Å²) >= 11 is 0. The van der Waals surface area contributed by atoms with E-state index in [0.717, 1.165) is 32.8 Å². The molecule has 0 aromatic carbocycles. The number of nitrogens with zero attached hydrogens (tertiary/aromatic N) is 2. The predicted molar refractivity (Wildman–Crippen MR) is 92.4 cm³/mol. The first-order chi connectivity index (χ1) is 12.6. The summed E-state index contributed by atoms with van der Waals surface area (Å²) < 4.78 is 16.8. The van der Waals surface area contributed by atoms with Crippen LogP contribution >= 0.6 is 0 Å². The largest absolute Gasteiger partial charge is 0.379 e. The molecule has 1 N–H and O–H groups in total. The van der Waals surface area contributed by atoms with Crippen LogP contribution in [0.1, 0.15) is 25.7 Å². The quantitative estimate of drug-likeness (QED) is 0.665. The topological polar surface area (TPSA) is 80.3 Å². The summed E-state index contributed by atoms with van der Waals surface area (Å²) in [6, 6.07) is 0. The molecule has 3 saturated heterocycles. The second-order valence-electron chi connectivity index (χ2n) is 7.69. The molecule has 3 heterocycles. The third-order valence-electron chi connectivity index (χ3n) is 6.04. The number of hydrogen-bond acceptors (Lipinski definition) is 6. The minimum absolute atomic E-state index is 0.0192. The van der Waals surface area contributed by atoms with Gasteiger partial charge < -0.3 is 24.4 Å². The van der Waals surface area contributed by atoms with Crippen molar-refractivity contribution in [1.82, 2.24) is 15.1 Å². The number of carbonyl (C=O) groups excluding carboxylic acids is 2. The van der Waals surface area contributed by atoms with Crippen LogP contribution in [0.3, 0.4) is 0 Å². The highest BCUT2D eigenvalue weighted by atomic mass is 16.7. The molecule has 26 heavy (non-hydrogen) atoms. The fraction of sp³-hybridized carbons (Fsp3) is 0.889. The molecule has 0 atom stereocenters. The van der Waals surface area contributed by atoms with Crippen LogP contribution in [0.4, 0.5) is 0 Å². The Hall–Kier alpha value is -1.22. The third-order valence-corrected chi connectivity index (χ3v) is 6.04. The van der Waals surface area contributed by atoms with E-state index in [1.54, 1.807) is 0 Å². The van der Waals surface area contributed by atoms with Gasteiger partial charge >= 0.3 is 0 Å². The van der Waals surface area contributed by atoms with Gasteiger partial charge in [-0.2, -0.15) is 0 Å². The van der Waals surface area contributed by atoms with Crippen molar-refractivity contribution in [2.75, 3.05) is 65.7 Å². The molecule has 8 nitrogen and oxygen atoms in total. The van der Waals surface area contributed by atoms with Gasteiger partial charge in [0.05, 0.1) is 26.4 Å². The number of rotatable bonds is 5. The standard InChI is InChI=1S/C18H29N3O5/c22-15(19-5-8-20-9-11-24-12-10-20)17(1-2-17)16(23)21-6-3-18(4-7-21)25-13-14-26-18/h1-14H2,(H,19,22). The highest BCUT2D eigenvalue weighted by molar-refractivity contribution is 6.07. The van der Waals surface area contributed by atoms with Gasteiger partial charge in [-0.05, 0) is 12.8 Å². The normalized spacial score (nSPS) is 27.5. The van der Waals surface area contributed by atoms with E-state index in [-0.39, 0.29) is 11.8 Å². The van der Waals surface area contributed by atoms with Crippen molar-refractivity contribution in [1.29, 1.82) is 0 Å². The van der Waals surface area contributed by atoms with Crippen LogP contribution in [0.25, 0.3) is 0 Å². The van der Waals surface area contributed by atoms with Gasteiger partial charge in [0.1, 0.15) is 5.41 Å². The first-order valence-electron chi connectivity index (χ1n) is 9.79. The molecule has 4 rings (SSSR count). The minimum atomic E-state index is -0.826. The molecular weight excluding hydrogens is 338 g/mol. The lowest BCUT2D eigenvalue weighted by molar-refractivity contribution is -0.188. The number of piperidine rings is 1. The Morgan fingerprint density at radius 2 is 1.54 bits per heavy atom. The van der Waals surface area contributed by atoms with Gasteiger partial charge in [-0.3, -0.25) is 14.5 Å². The maximum Gasteiger partial charge on any atom is 0.238 e. The number of carbonyl (C=O) groups is 2. The van der Waals surface area contributed by atoms with Gasteiger partial charge in [-0.15, -0.1) is 0 Å². The molecule has 146 valence electrons. The van der Waals surface area contributed by atoms with Crippen LogP contribution in [-0.2, 0) is 23.8 Å². The summed E-state index contributed by atoms with van der Waals surface area (Å²) in [6.45, 7) is 7.15. The van der Waals surface area contributed by atoms with Crippen LogP contribution in [0.15, 0.2) is 0 Å². The SMILES string of the molecule is O=C(NCCN1CCOCC1)C1(C(=O)N2CCC3(CC2)OCCO3)CC1. The summed E-state index contributed by atoms with van der Waals surface area (Å²) in [6.07, 6.45) is 2.69. The van der Waals surface area contributed by atoms with Crippen molar-refractivity contribution in [2.45, 2.75) is 31.5 Å². The molecule has 2 amide bonds. The highest BCUT2D eigenvalue weighted by Gasteiger charge is 2.58. The van der Waals surface area contributed by atoms with Crippen molar-refractivity contribution in [2.24, 2.45) is 5.41 Å². The fourth-order valence-electron chi connectivity index (χ4n) is 4.12. The minimum Gasteiger partial charge on any atom is -0.379 e. The molecule has 1 spiro atoms. The van der Waals surface area contributed by atoms with Gasteiger partial charge in [0.2, 0.25) is 11.8 Å². The third kappa shape index (κ3) is 3.60. The first-order valence-corrected chi connectivity index (χ1v) is 9.79. The van der Waals surface area contributed by atoms with Gasteiger partial charge in [0, 0.05) is 52.1 Å². The van der Waals surface area contributed by atoms with Gasteiger partial charge in [-0.25, -0.2) is 0 Å². The lowest BCUT2D eigenvalue weighted by Crippen LogP contribution is -2.52. The molecule has 3 aliphatic heterocycles. The molecule has 0 bridgehead atoms. The summed E-state index contributed by atoms with van der Waals surface area (Å²) in [5, 5.41) is 2.98. The zero-order chi connectivity index (χ0) is 18.0. The molecule has 1 aliphatic carbocycles. The van der Waals surface area contributed by atoms with Crippen LogP contribution in [-0.4, -0.2) is 93.1 Å². The number of amides is 2. The second-order valence-corrected chi connectivity index (χ2v) is 7.69. The molecule has 0 aromatic rings. The Morgan fingerprint density at radius 3 is 2.15 bits per heavy atom. The first kappa shape index (κ1) is 18.2.